The summed E-state index contributed by atoms with van der Waals surface area (Å²) in [6.45, 7) is 2.60. The number of anilines is 1. The number of hydrogen-bond acceptors (Lipinski definition) is 3. The summed E-state index contributed by atoms with van der Waals surface area (Å²) in [7, 11) is 0. The van der Waals surface area contributed by atoms with Gasteiger partial charge in [-0.1, -0.05) is 28.1 Å². The number of nitrogens with one attached hydrogen (secondary N) is 2. The third-order valence-corrected chi connectivity index (χ3v) is 2.49. The first-order valence-corrected chi connectivity index (χ1v) is 5.40. The number of hydrogen-bond donors (Lipinski definition) is 2. The second kappa shape index (κ2) is 4.44. The fraction of sp³-hybridized carbons (Fsp3) is 0.200. The Balaban J connectivity index is 1.96. The van der Waals surface area contributed by atoms with Crippen molar-refractivity contribution in [2.24, 2.45) is 0 Å². The molecule has 5 heteroatoms. The molecule has 0 atom stereocenters. The van der Waals surface area contributed by atoms with Crippen LogP contribution in [0.25, 0.3) is 0 Å². The largest absolute Gasteiger partial charge is 0.349 e. The first-order valence-electron chi connectivity index (χ1n) is 4.61. The maximum absolute atomic E-state index is 4.16. The predicted molar refractivity (Wildman–Crippen MR) is 62.6 cm³/mol. The lowest BCUT2D eigenvalue weighted by Crippen LogP contribution is -2.00. The van der Waals surface area contributed by atoms with Crippen LogP contribution in [0.2, 0.25) is 0 Å². The molecule has 0 aliphatic rings. The van der Waals surface area contributed by atoms with E-state index >= 15 is 0 Å². The Morgan fingerprint density at radius 1 is 1.33 bits per heavy atom. The van der Waals surface area contributed by atoms with Gasteiger partial charge in [-0.05, 0) is 24.6 Å². The molecule has 15 heavy (non-hydrogen) atoms. The zero-order valence-electron chi connectivity index (χ0n) is 8.29. The molecule has 0 bridgehead atoms. The summed E-state index contributed by atoms with van der Waals surface area (Å²) in [6.07, 6.45) is 0. The molecule has 0 spiro atoms. The highest BCUT2D eigenvalue weighted by Gasteiger charge is 1.98. The van der Waals surface area contributed by atoms with Crippen LogP contribution in [-0.2, 0) is 6.54 Å². The summed E-state index contributed by atoms with van der Waals surface area (Å²) in [4.78, 5) is 4.16. The van der Waals surface area contributed by atoms with Crippen molar-refractivity contribution in [3.63, 3.8) is 0 Å². The van der Waals surface area contributed by atoms with Gasteiger partial charge in [0.1, 0.15) is 5.82 Å². The molecule has 1 heterocycles. The number of rotatable bonds is 3. The SMILES string of the molecule is Cc1nc(NCc2ccc(Br)cc2)n[nH]1. The number of nitrogens with zero attached hydrogens (tertiary/aromatic N) is 2. The standard InChI is InChI=1S/C10H11BrN4/c1-7-13-10(15-14-7)12-6-8-2-4-9(11)5-3-8/h2-5H,6H2,1H3,(H2,12,13,14,15). The van der Waals surface area contributed by atoms with Crippen LogP contribution in [0, 0.1) is 6.92 Å². The molecule has 0 saturated heterocycles. The number of aromatic nitrogens is 3. The lowest BCUT2D eigenvalue weighted by molar-refractivity contribution is 1.02. The molecular formula is C10H11BrN4. The zero-order chi connectivity index (χ0) is 10.7. The Morgan fingerprint density at radius 2 is 2.07 bits per heavy atom. The van der Waals surface area contributed by atoms with Crippen molar-refractivity contribution >= 4 is 21.9 Å². The van der Waals surface area contributed by atoms with E-state index in [9.17, 15) is 0 Å². The number of aryl methyl sites for hydroxylation is 1. The summed E-state index contributed by atoms with van der Waals surface area (Å²) in [5.41, 5.74) is 1.20. The summed E-state index contributed by atoms with van der Waals surface area (Å²) < 4.78 is 1.08. The van der Waals surface area contributed by atoms with Crippen LogP contribution in [0.5, 0.6) is 0 Å². The highest BCUT2D eigenvalue weighted by Crippen LogP contribution is 2.11. The molecule has 0 amide bonds. The average molecular weight is 267 g/mol. The van der Waals surface area contributed by atoms with Crippen LogP contribution in [0.3, 0.4) is 0 Å². The van der Waals surface area contributed by atoms with E-state index in [1.54, 1.807) is 0 Å². The molecule has 4 nitrogen and oxygen atoms in total. The monoisotopic (exact) mass is 266 g/mol. The molecule has 2 rings (SSSR count). The second-order valence-corrected chi connectivity index (χ2v) is 4.14. The fourth-order valence-corrected chi connectivity index (χ4v) is 1.47. The molecule has 0 aliphatic heterocycles. The smallest absolute Gasteiger partial charge is 0.242 e. The molecule has 0 saturated carbocycles. The van der Waals surface area contributed by atoms with Crippen LogP contribution < -0.4 is 5.32 Å². The minimum absolute atomic E-state index is 0.635. The molecule has 0 unspecified atom stereocenters. The maximum Gasteiger partial charge on any atom is 0.242 e. The average Bonchev–Trinajstić information content (AvgIpc) is 2.64. The number of aromatic amines is 1. The van der Waals surface area contributed by atoms with E-state index in [1.165, 1.54) is 5.56 Å². The second-order valence-electron chi connectivity index (χ2n) is 3.22. The van der Waals surface area contributed by atoms with Crippen LogP contribution in [0.15, 0.2) is 28.7 Å². The van der Waals surface area contributed by atoms with E-state index in [4.69, 9.17) is 0 Å². The van der Waals surface area contributed by atoms with Gasteiger partial charge in [0.15, 0.2) is 0 Å². The molecule has 78 valence electrons. The lowest BCUT2D eigenvalue weighted by atomic mass is 10.2. The van der Waals surface area contributed by atoms with Crippen LogP contribution in [0.4, 0.5) is 5.95 Å². The van der Waals surface area contributed by atoms with Gasteiger partial charge in [0.05, 0.1) is 0 Å². The molecule has 0 radical (unpaired) electrons. The van der Waals surface area contributed by atoms with E-state index in [1.807, 2.05) is 19.1 Å². The summed E-state index contributed by atoms with van der Waals surface area (Å²) in [6, 6.07) is 8.13. The van der Waals surface area contributed by atoms with Crippen molar-refractivity contribution in [1.82, 2.24) is 15.2 Å². The van der Waals surface area contributed by atoms with Crippen molar-refractivity contribution in [1.29, 1.82) is 0 Å². The molecule has 2 aromatic rings. The maximum atomic E-state index is 4.16. The van der Waals surface area contributed by atoms with E-state index in [2.05, 4.69) is 48.6 Å². The zero-order valence-corrected chi connectivity index (χ0v) is 9.87. The van der Waals surface area contributed by atoms with Crippen molar-refractivity contribution in [3.8, 4) is 0 Å². The normalized spacial score (nSPS) is 10.3. The van der Waals surface area contributed by atoms with Gasteiger partial charge in [-0.15, -0.1) is 5.10 Å². The highest BCUT2D eigenvalue weighted by molar-refractivity contribution is 9.10. The third-order valence-electron chi connectivity index (χ3n) is 1.96. The summed E-state index contributed by atoms with van der Waals surface area (Å²) >= 11 is 3.39. The van der Waals surface area contributed by atoms with Gasteiger partial charge in [0.2, 0.25) is 5.95 Å². The Bertz CT molecular complexity index is 435. The minimum Gasteiger partial charge on any atom is -0.349 e. The first-order chi connectivity index (χ1) is 7.24. The van der Waals surface area contributed by atoms with Gasteiger partial charge in [0.25, 0.3) is 0 Å². The fourth-order valence-electron chi connectivity index (χ4n) is 1.21. The number of H-pyrrole nitrogens is 1. The third kappa shape index (κ3) is 2.79. The Kier molecular flexibility index (Phi) is 3.01. The van der Waals surface area contributed by atoms with Gasteiger partial charge >= 0.3 is 0 Å². The van der Waals surface area contributed by atoms with Crippen molar-refractivity contribution < 1.29 is 0 Å². The topological polar surface area (TPSA) is 53.6 Å². The minimum atomic E-state index is 0.635. The molecule has 0 fully saturated rings. The Labute approximate surface area is 96.3 Å². The first kappa shape index (κ1) is 10.2. The van der Waals surface area contributed by atoms with Gasteiger partial charge in [-0.2, -0.15) is 4.98 Å². The predicted octanol–water partition coefficient (Wildman–Crippen LogP) is 2.49. The lowest BCUT2D eigenvalue weighted by Gasteiger charge is -2.01. The molecule has 1 aromatic carbocycles. The quantitative estimate of drug-likeness (QED) is 0.898. The van der Waals surface area contributed by atoms with Gasteiger partial charge in [-0.25, -0.2) is 0 Å². The van der Waals surface area contributed by atoms with E-state index < -0.39 is 0 Å². The number of halogens is 1. The van der Waals surface area contributed by atoms with Gasteiger partial charge in [0, 0.05) is 11.0 Å². The van der Waals surface area contributed by atoms with Crippen LogP contribution in [0.1, 0.15) is 11.4 Å². The van der Waals surface area contributed by atoms with E-state index in [0.29, 0.717) is 5.95 Å². The molecule has 2 N–H and O–H groups in total. The van der Waals surface area contributed by atoms with Crippen molar-refractivity contribution in [2.45, 2.75) is 13.5 Å². The van der Waals surface area contributed by atoms with Crippen molar-refractivity contribution in [2.75, 3.05) is 5.32 Å². The summed E-state index contributed by atoms with van der Waals surface area (Å²) in [5, 5.41) is 9.91. The van der Waals surface area contributed by atoms with E-state index in [-0.39, 0.29) is 0 Å². The Morgan fingerprint density at radius 3 is 2.67 bits per heavy atom. The van der Waals surface area contributed by atoms with Crippen LogP contribution in [-0.4, -0.2) is 15.2 Å². The summed E-state index contributed by atoms with van der Waals surface area (Å²) in [5.74, 6) is 1.45. The molecule has 1 aromatic heterocycles. The van der Waals surface area contributed by atoms with E-state index in [0.717, 1.165) is 16.8 Å². The van der Waals surface area contributed by atoms with Crippen molar-refractivity contribution in [3.05, 3.63) is 40.1 Å². The molecular weight excluding hydrogens is 256 g/mol. The van der Waals surface area contributed by atoms with Gasteiger partial charge < -0.3 is 5.32 Å². The van der Waals surface area contributed by atoms with Gasteiger partial charge in [-0.3, -0.25) is 5.10 Å². The Hall–Kier alpha value is -1.36. The highest BCUT2D eigenvalue weighted by atomic mass is 79.9. The van der Waals surface area contributed by atoms with Crippen LogP contribution >= 0.6 is 15.9 Å². The number of benzene rings is 1. The molecule has 0 aliphatic carbocycles.